The molecule has 1 N–H and O–H groups in total. The van der Waals surface area contributed by atoms with Gasteiger partial charge in [0.15, 0.2) is 0 Å². The number of para-hydroxylation sites is 1. The molecule has 1 aliphatic heterocycles. The number of hydrogen-bond donors (Lipinski definition) is 1. The van der Waals surface area contributed by atoms with E-state index < -0.39 is 23.7 Å². The summed E-state index contributed by atoms with van der Waals surface area (Å²) in [5.41, 5.74) is 0.642. The van der Waals surface area contributed by atoms with E-state index in [1.807, 2.05) is 0 Å². The lowest BCUT2D eigenvalue weighted by Gasteiger charge is -2.16. The second kappa shape index (κ2) is 6.08. The first-order valence-corrected chi connectivity index (χ1v) is 7.12. The Hall–Kier alpha value is -2.89. The highest BCUT2D eigenvalue weighted by molar-refractivity contribution is 6.23. The SMILES string of the molecule is COc1cccc(N[C@@H]2CC(=O)N(c3ccccc3F)C2=O)c1. The average Bonchev–Trinajstić information content (AvgIpc) is 2.82. The van der Waals surface area contributed by atoms with Crippen molar-refractivity contribution in [1.82, 2.24) is 0 Å². The Morgan fingerprint density at radius 2 is 1.96 bits per heavy atom. The fourth-order valence-electron chi connectivity index (χ4n) is 2.54. The third kappa shape index (κ3) is 2.88. The zero-order chi connectivity index (χ0) is 16.4. The maximum absolute atomic E-state index is 13.9. The number of nitrogens with one attached hydrogen (secondary N) is 1. The summed E-state index contributed by atoms with van der Waals surface area (Å²) in [6.07, 6.45) is -0.0234. The molecule has 0 saturated carbocycles. The molecular weight excluding hydrogens is 299 g/mol. The van der Waals surface area contributed by atoms with E-state index in [0.717, 1.165) is 4.90 Å². The predicted molar refractivity (Wildman–Crippen MR) is 83.9 cm³/mol. The van der Waals surface area contributed by atoms with Crippen LogP contribution in [0.2, 0.25) is 0 Å². The first kappa shape index (κ1) is 15.0. The molecule has 6 heteroatoms. The van der Waals surface area contributed by atoms with E-state index >= 15 is 0 Å². The minimum absolute atomic E-state index is 0.0163. The monoisotopic (exact) mass is 314 g/mol. The van der Waals surface area contributed by atoms with E-state index in [0.29, 0.717) is 11.4 Å². The summed E-state index contributed by atoms with van der Waals surface area (Å²) in [7, 11) is 1.54. The van der Waals surface area contributed by atoms with Crippen LogP contribution in [-0.2, 0) is 9.59 Å². The van der Waals surface area contributed by atoms with Crippen LogP contribution in [0.5, 0.6) is 5.75 Å². The molecule has 0 radical (unpaired) electrons. The topological polar surface area (TPSA) is 58.6 Å². The summed E-state index contributed by atoms with van der Waals surface area (Å²) in [5.74, 6) is -0.864. The third-order valence-corrected chi connectivity index (χ3v) is 3.65. The number of anilines is 2. The highest BCUT2D eigenvalue weighted by atomic mass is 19.1. The van der Waals surface area contributed by atoms with Gasteiger partial charge in [0.2, 0.25) is 5.91 Å². The van der Waals surface area contributed by atoms with Gasteiger partial charge in [-0.05, 0) is 24.3 Å². The number of ether oxygens (including phenoxy) is 1. The number of rotatable bonds is 4. The van der Waals surface area contributed by atoms with Crippen molar-refractivity contribution in [3.05, 3.63) is 54.3 Å². The van der Waals surface area contributed by atoms with Crippen LogP contribution in [0.15, 0.2) is 48.5 Å². The molecule has 1 heterocycles. The van der Waals surface area contributed by atoms with Gasteiger partial charge in [-0.25, -0.2) is 9.29 Å². The number of benzene rings is 2. The van der Waals surface area contributed by atoms with Crippen molar-refractivity contribution in [2.75, 3.05) is 17.3 Å². The Balaban J connectivity index is 1.82. The minimum Gasteiger partial charge on any atom is -0.497 e. The molecule has 1 aliphatic rings. The molecule has 3 rings (SSSR count). The molecule has 0 aliphatic carbocycles. The number of hydrogen-bond acceptors (Lipinski definition) is 4. The van der Waals surface area contributed by atoms with E-state index in [1.165, 1.54) is 18.2 Å². The molecule has 2 aromatic rings. The van der Waals surface area contributed by atoms with E-state index in [4.69, 9.17) is 4.74 Å². The van der Waals surface area contributed by atoms with Crippen LogP contribution in [0.4, 0.5) is 15.8 Å². The van der Waals surface area contributed by atoms with Crippen LogP contribution in [-0.4, -0.2) is 25.0 Å². The quantitative estimate of drug-likeness (QED) is 0.881. The van der Waals surface area contributed by atoms with Crippen molar-refractivity contribution in [2.24, 2.45) is 0 Å². The predicted octanol–water partition coefficient (Wildman–Crippen LogP) is 2.58. The largest absolute Gasteiger partial charge is 0.497 e. The van der Waals surface area contributed by atoms with Gasteiger partial charge in [-0.15, -0.1) is 0 Å². The van der Waals surface area contributed by atoms with Crippen LogP contribution >= 0.6 is 0 Å². The molecule has 5 nitrogen and oxygen atoms in total. The maximum Gasteiger partial charge on any atom is 0.256 e. The van der Waals surface area contributed by atoms with Crippen molar-refractivity contribution in [1.29, 1.82) is 0 Å². The number of amides is 2. The highest BCUT2D eigenvalue weighted by Crippen LogP contribution is 2.27. The maximum atomic E-state index is 13.9. The van der Waals surface area contributed by atoms with Gasteiger partial charge < -0.3 is 10.1 Å². The smallest absolute Gasteiger partial charge is 0.256 e. The fourth-order valence-corrected chi connectivity index (χ4v) is 2.54. The molecule has 118 valence electrons. The molecule has 1 atom stereocenters. The van der Waals surface area contributed by atoms with Gasteiger partial charge >= 0.3 is 0 Å². The van der Waals surface area contributed by atoms with Crippen LogP contribution in [0, 0.1) is 5.82 Å². The number of imide groups is 1. The third-order valence-electron chi connectivity index (χ3n) is 3.65. The second-order valence-electron chi connectivity index (χ2n) is 5.15. The molecule has 0 bridgehead atoms. The van der Waals surface area contributed by atoms with E-state index in [2.05, 4.69) is 5.32 Å². The zero-order valence-electron chi connectivity index (χ0n) is 12.5. The summed E-state index contributed by atoms with van der Waals surface area (Å²) in [4.78, 5) is 25.5. The van der Waals surface area contributed by atoms with Crippen LogP contribution in [0.25, 0.3) is 0 Å². The van der Waals surface area contributed by atoms with E-state index in [-0.39, 0.29) is 12.1 Å². The lowest BCUT2D eigenvalue weighted by molar-refractivity contribution is -0.121. The Morgan fingerprint density at radius 1 is 1.17 bits per heavy atom. The summed E-state index contributed by atoms with van der Waals surface area (Å²) in [6.45, 7) is 0. The zero-order valence-corrected chi connectivity index (χ0v) is 12.5. The number of carbonyl (C=O) groups excluding carboxylic acids is 2. The van der Waals surface area contributed by atoms with Crippen molar-refractivity contribution in [2.45, 2.75) is 12.5 Å². The highest BCUT2D eigenvalue weighted by Gasteiger charge is 2.40. The Labute approximate surface area is 132 Å². The molecule has 1 fully saturated rings. The average molecular weight is 314 g/mol. The lowest BCUT2D eigenvalue weighted by Crippen LogP contribution is -2.35. The summed E-state index contributed by atoms with van der Waals surface area (Å²) >= 11 is 0. The fraction of sp³-hybridized carbons (Fsp3) is 0.176. The Morgan fingerprint density at radius 3 is 2.70 bits per heavy atom. The van der Waals surface area contributed by atoms with Crippen molar-refractivity contribution in [3.8, 4) is 5.75 Å². The molecule has 23 heavy (non-hydrogen) atoms. The number of nitrogens with zero attached hydrogens (tertiary/aromatic N) is 1. The standard InChI is InChI=1S/C17H15FN2O3/c1-23-12-6-4-5-11(9-12)19-14-10-16(21)20(17(14)22)15-8-3-2-7-13(15)18/h2-9,14,19H,10H2,1H3/t14-/m1/s1. The van der Waals surface area contributed by atoms with Crippen molar-refractivity contribution < 1.29 is 18.7 Å². The van der Waals surface area contributed by atoms with Crippen LogP contribution in [0.1, 0.15) is 6.42 Å². The van der Waals surface area contributed by atoms with Gasteiger partial charge in [0.1, 0.15) is 17.6 Å². The summed E-state index contributed by atoms with van der Waals surface area (Å²) in [6, 6.07) is 12.1. The van der Waals surface area contributed by atoms with Crippen molar-refractivity contribution >= 4 is 23.2 Å². The van der Waals surface area contributed by atoms with Gasteiger partial charge in [-0.1, -0.05) is 18.2 Å². The normalized spacial score (nSPS) is 17.5. The first-order chi connectivity index (χ1) is 11.1. The van der Waals surface area contributed by atoms with Gasteiger partial charge in [0.25, 0.3) is 5.91 Å². The first-order valence-electron chi connectivity index (χ1n) is 7.12. The summed E-state index contributed by atoms with van der Waals surface area (Å²) in [5, 5.41) is 3.00. The Kier molecular flexibility index (Phi) is 3.97. The number of halogens is 1. The number of carbonyl (C=O) groups is 2. The Bertz CT molecular complexity index is 763. The molecule has 2 amide bonds. The van der Waals surface area contributed by atoms with Gasteiger partial charge in [-0.2, -0.15) is 0 Å². The van der Waals surface area contributed by atoms with Gasteiger partial charge in [-0.3, -0.25) is 9.59 Å². The second-order valence-corrected chi connectivity index (χ2v) is 5.15. The lowest BCUT2D eigenvalue weighted by atomic mass is 10.2. The molecule has 1 saturated heterocycles. The van der Waals surface area contributed by atoms with Gasteiger partial charge in [0.05, 0.1) is 19.2 Å². The molecule has 2 aromatic carbocycles. The minimum atomic E-state index is -0.728. The van der Waals surface area contributed by atoms with Crippen molar-refractivity contribution in [3.63, 3.8) is 0 Å². The number of methoxy groups -OCH3 is 1. The molecule has 0 aromatic heterocycles. The molecular formula is C17H15FN2O3. The van der Waals surface area contributed by atoms with E-state index in [9.17, 15) is 14.0 Å². The van der Waals surface area contributed by atoms with Crippen LogP contribution in [0.3, 0.4) is 0 Å². The molecule has 0 spiro atoms. The van der Waals surface area contributed by atoms with Gasteiger partial charge in [0, 0.05) is 11.8 Å². The van der Waals surface area contributed by atoms with Crippen LogP contribution < -0.4 is 15.0 Å². The molecule has 0 unspecified atom stereocenters. The van der Waals surface area contributed by atoms with E-state index in [1.54, 1.807) is 37.4 Å². The summed E-state index contributed by atoms with van der Waals surface area (Å²) < 4.78 is 19.0.